The van der Waals surface area contributed by atoms with Gasteiger partial charge in [0.05, 0.1) is 5.92 Å². The van der Waals surface area contributed by atoms with Crippen LogP contribution in [0.3, 0.4) is 0 Å². The summed E-state index contributed by atoms with van der Waals surface area (Å²) in [6.07, 6.45) is 4.83. The Bertz CT molecular complexity index is 852. The predicted molar refractivity (Wildman–Crippen MR) is 105 cm³/mol. The molecule has 146 valence electrons. The van der Waals surface area contributed by atoms with E-state index in [9.17, 15) is 4.79 Å². The topological polar surface area (TPSA) is 101 Å². The molecule has 0 saturated carbocycles. The third-order valence-corrected chi connectivity index (χ3v) is 4.43. The summed E-state index contributed by atoms with van der Waals surface area (Å²) in [5.41, 5.74) is 0.985. The lowest BCUT2D eigenvalue weighted by molar-refractivity contribution is -0.137. The lowest BCUT2D eigenvalue weighted by Gasteiger charge is -2.11. The van der Waals surface area contributed by atoms with Gasteiger partial charge in [-0.25, -0.2) is 4.98 Å². The van der Waals surface area contributed by atoms with E-state index in [1.165, 1.54) is 0 Å². The SMILES string of the molecule is O=C(O)CCC(c1ccccc1)c1nc(CCCCNc2ccccn2)no1. The fourth-order valence-electron chi connectivity index (χ4n) is 2.99. The summed E-state index contributed by atoms with van der Waals surface area (Å²) < 4.78 is 5.46. The predicted octanol–water partition coefficient (Wildman–Crippen LogP) is 3.90. The van der Waals surface area contributed by atoms with E-state index in [0.717, 1.165) is 30.8 Å². The van der Waals surface area contributed by atoms with Gasteiger partial charge in [0, 0.05) is 25.6 Å². The zero-order valence-corrected chi connectivity index (χ0v) is 15.6. The van der Waals surface area contributed by atoms with Crippen LogP contribution < -0.4 is 5.32 Å². The maximum absolute atomic E-state index is 11.0. The van der Waals surface area contributed by atoms with Crippen LogP contribution in [-0.2, 0) is 11.2 Å². The highest BCUT2D eigenvalue weighted by Gasteiger charge is 2.22. The summed E-state index contributed by atoms with van der Waals surface area (Å²) in [5, 5.41) is 16.4. The number of carboxylic acid groups (broad SMARTS) is 1. The lowest BCUT2D eigenvalue weighted by Crippen LogP contribution is -2.06. The van der Waals surface area contributed by atoms with Gasteiger partial charge in [0.25, 0.3) is 0 Å². The lowest BCUT2D eigenvalue weighted by atomic mass is 9.94. The standard InChI is InChI=1S/C21H24N4O3/c26-20(27)13-12-17(16-8-2-1-3-9-16)21-24-19(25-28-21)11-5-7-15-23-18-10-4-6-14-22-18/h1-4,6,8-10,14,17H,5,7,11-13,15H2,(H,22,23)(H,26,27). The smallest absolute Gasteiger partial charge is 0.303 e. The summed E-state index contributed by atoms with van der Waals surface area (Å²) in [4.78, 5) is 19.7. The Hall–Kier alpha value is -3.22. The van der Waals surface area contributed by atoms with Gasteiger partial charge in [-0.3, -0.25) is 4.79 Å². The van der Waals surface area contributed by atoms with Gasteiger partial charge in [-0.2, -0.15) is 4.98 Å². The van der Waals surface area contributed by atoms with Gasteiger partial charge in [-0.05, 0) is 37.0 Å². The molecule has 28 heavy (non-hydrogen) atoms. The Balaban J connectivity index is 1.52. The second-order valence-corrected chi connectivity index (χ2v) is 6.54. The first-order valence-electron chi connectivity index (χ1n) is 9.46. The van der Waals surface area contributed by atoms with Crippen molar-refractivity contribution in [3.05, 3.63) is 72.0 Å². The molecule has 0 bridgehead atoms. The van der Waals surface area contributed by atoms with Crippen molar-refractivity contribution in [1.82, 2.24) is 15.1 Å². The molecular weight excluding hydrogens is 356 g/mol. The van der Waals surface area contributed by atoms with E-state index in [0.29, 0.717) is 24.6 Å². The highest BCUT2D eigenvalue weighted by Crippen LogP contribution is 2.28. The molecule has 3 aromatic rings. The summed E-state index contributed by atoms with van der Waals surface area (Å²) in [6.45, 7) is 0.826. The fraction of sp³-hybridized carbons (Fsp3) is 0.333. The average molecular weight is 380 g/mol. The number of hydrogen-bond acceptors (Lipinski definition) is 6. The third kappa shape index (κ3) is 5.90. The first-order valence-corrected chi connectivity index (χ1v) is 9.46. The summed E-state index contributed by atoms with van der Waals surface area (Å²) in [7, 11) is 0. The number of unbranched alkanes of at least 4 members (excludes halogenated alkanes) is 1. The van der Waals surface area contributed by atoms with Crippen LogP contribution in [-0.4, -0.2) is 32.7 Å². The van der Waals surface area contributed by atoms with Gasteiger partial charge in [0.1, 0.15) is 5.82 Å². The number of anilines is 1. The van der Waals surface area contributed by atoms with E-state index in [1.54, 1.807) is 6.20 Å². The molecule has 7 nitrogen and oxygen atoms in total. The monoisotopic (exact) mass is 380 g/mol. The number of carboxylic acids is 1. The van der Waals surface area contributed by atoms with Crippen LogP contribution in [0, 0.1) is 0 Å². The van der Waals surface area contributed by atoms with Crippen LogP contribution in [0.4, 0.5) is 5.82 Å². The minimum absolute atomic E-state index is 0.0520. The average Bonchev–Trinajstić information content (AvgIpc) is 3.18. The molecule has 1 aromatic carbocycles. The summed E-state index contributed by atoms with van der Waals surface area (Å²) in [6, 6.07) is 15.5. The van der Waals surface area contributed by atoms with Gasteiger partial charge in [0.15, 0.2) is 5.82 Å². The number of aryl methyl sites for hydroxylation is 1. The van der Waals surface area contributed by atoms with Crippen molar-refractivity contribution >= 4 is 11.8 Å². The molecule has 2 aromatic heterocycles. The molecule has 0 aliphatic carbocycles. The van der Waals surface area contributed by atoms with Gasteiger partial charge >= 0.3 is 5.97 Å². The molecule has 2 heterocycles. The molecule has 0 amide bonds. The quantitative estimate of drug-likeness (QED) is 0.487. The molecule has 7 heteroatoms. The highest BCUT2D eigenvalue weighted by molar-refractivity contribution is 5.66. The molecule has 0 aliphatic heterocycles. The fourth-order valence-corrected chi connectivity index (χ4v) is 2.99. The Morgan fingerprint density at radius 2 is 1.93 bits per heavy atom. The van der Waals surface area contributed by atoms with Crippen molar-refractivity contribution < 1.29 is 14.4 Å². The third-order valence-electron chi connectivity index (χ3n) is 4.43. The zero-order chi connectivity index (χ0) is 19.6. The number of benzene rings is 1. The number of aromatic nitrogens is 3. The van der Waals surface area contributed by atoms with Gasteiger partial charge in [-0.15, -0.1) is 0 Å². The number of nitrogens with one attached hydrogen (secondary N) is 1. The maximum atomic E-state index is 11.0. The number of aliphatic carboxylic acids is 1. The largest absolute Gasteiger partial charge is 0.481 e. The number of nitrogens with zero attached hydrogens (tertiary/aromatic N) is 3. The summed E-state index contributed by atoms with van der Waals surface area (Å²) >= 11 is 0. The highest BCUT2D eigenvalue weighted by atomic mass is 16.5. The van der Waals surface area contributed by atoms with Gasteiger partial charge < -0.3 is 14.9 Å². The van der Waals surface area contributed by atoms with E-state index in [-0.39, 0.29) is 12.3 Å². The van der Waals surface area contributed by atoms with Crippen molar-refractivity contribution in [2.45, 2.75) is 38.0 Å². The van der Waals surface area contributed by atoms with Crippen LogP contribution in [0.5, 0.6) is 0 Å². The molecule has 0 aliphatic rings. The second kappa shape index (κ2) is 10.2. The van der Waals surface area contributed by atoms with Crippen LogP contribution in [0.1, 0.15) is 48.9 Å². The van der Waals surface area contributed by atoms with E-state index >= 15 is 0 Å². The zero-order valence-electron chi connectivity index (χ0n) is 15.6. The Labute approximate surface area is 163 Å². The van der Waals surface area contributed by atoms with Crippen molar-refractivity contribution in [2.24, 2.45) is 0 Å². The van der Waals surface area contributed by atoms with Gasteiger partial charge in [-0.1, -0.05) is 41.6 Å². The normalized spacial score (nSPS) is 11.9. The van der Waals surface area contributed by atoms with E-state index in [4.69, 9.17) is 9.63 Å². The van der Waals surface area contributed by atoms with E-state index in [2.05, 4.69) is 20.4 Å². The number of hydrogen-bond donors (Lipinski definition) is 2. The maximum Gasteiger partial charge on any atom is 0.303 e. The minimum Gasteiger partial charge on any atom is -0.481 e. The molecule has 1 unspecified atom stereocenters. The van der Waals surface area contributed by atoms with Crippen molar-refractivity contribution in [1.29, 1.82) is 0 Å². The first kappa shape index (κ1) is 19.5. The van der Waals surface area contributed by atoms with Crippen molar-refractivity contribution in [2.75, 3.05) is 11.9 Å². The molecule has 3 rings (SSSR count). The molecular formula is C21H24N4O3. The molecule has 2 N–H and O–H groups in total. The Morgan fingerprint density at radius 1 is 1.11 bits per heavy atom. The number of carbonyl (C=O) groups is 1. The van der Waals surface area contributed by atoms with Gasteiger partial charge in [0.2, 0.25) is 5.89 Å². The van der Waals surface area contributed by atoms with Crippen LogP contribution in [0.15, 0.2) is 59.3 Å². The molecule has 0 radical (unpaired) electrons. The Morgan fingerprint density at radius 3 is 2.68 bits per heavy atom. The van der Waals surface area contributed by atoms with Crippen LogP contribution in [0.25, 0.3) is 0 Å². The van der Waals surface area contributed by atoms with E-state index in [1.807, 2.05) is 48.5 Å². The number of rotatable bonds is 11. The van der Waals surface area contributed by atoms with E-state index < -0.39 is 5.97 Å². The van der Waals surface area contributed by atoms with Crippen LogP contribution in [0.2, 0.25) is 0 Å². The second-order valence-electron chi connectivity index (χ2n) is 6.54. The van der Waals surface area contributed by atoms with Crippen molar-refractivity contribution in [3.63, 3.8) is 0 Å². The molecule has 0 fully saturated rings. The molecule has 0 saturated heterocycles. The first-order chi connectivity index (χ1) is 13.7. The molecule has 0 spiro atoms. The molecule has 1 atom stereocenters. The minimum atomic E-state index is -0.832. The van der Waals surface area contributed by atoms with Crippen molar-refractivity contribution in [3.8, 4) is 0 Å². The Kier molecular flexibility index (Phi) is 7.12. The number of pyridine rings is 1. The van der Waals surface area contributed by atoms with Crippen LogP contribution >= 0.6 is 0 Å². The summed E-state index contributed by atoms with van der Waals surface area (Å²) in [5.74, 6) is 0.970.